The molecular weight excluding hydrogens is 442 g/mol. The van der Waals surface area contributed by atoms with E-state index in [1.54, 1.807) is 0 Å². The van der Waals surface area contributed by atoms with E-state index in [2.05, 4.69) is 24.1 Å². The molecule has 0 radical (unpaired) electrons. The SMILES string of the molecule is CCCCOC(=O)N1CCC(C)(CN2CCC3(CC2)CC(NC(=O)OCc2ccccc2)C3)CC1. The van der Waals surface area contributed by atoms with Gasteiger partial charge in [-0.05, 0) is 74.4 Å². The average molecular weight is 486 g/mol. The van der Waals surface area contributed by atoms with E-state index in [4.69, 9.17) is 9.47 Å². The van der Waals surface area contributed by atoms with Crippen LogP contribution in [0.5, 0.6) is 0 Å². The fraction of sp³-hybridized carbons (Fsp3) is 0.714. The first-order valence-electron chi connectivity index (χ1n) is 13.5. The predicted molar refractivity (Wildman–Crippen MR) is 136 cm³/mol. The van der Waals surface area contributed by atoms with Gasteiger partial charge in [0, 0.05) is 25.7 Å². The summed E-state index contributed by atoms with van der Waals surface area (Å²) in [6.07, 6.45) is 8.14. The van der Waals surface area contributed by atoms with Crippen molar-refractivity contribution in [2.75, 3.05) is 39.3 Å². The lowest BCUT2D eigenvalue weighted by molar-refractivity contribution is -0.0136. The molecule has 1 aliphatic carbocycles. The number of nitrogens with zero attached hydrogens (tertiary/aromatic N) is 2. The van der Waals surface area contributed by atoms with Gasteiger partial charge in [-0.25, -0.2) is 9.59 Å². The van der Waals surface area contributed by atoms with Crippen molar-refractivity contribution in [3.8, 4) is 0 Å². The summed E-state index contributed by atoms with van der Waals surface area (Å²) in [4.78, 5) is 28.9. The van der Waals surface area contributed by atoms with Crippen molar-refractivity contribution in [2.45, 2.75) is 77.9 Å². The molecule has 1 spiro atoms. The normalized spacial score (nSPS) is 21.8. The molecule has 7 heteroatoms. The quantitative estimate of drug-likeness (QED) is 0.513. The standard InChI is InChI=1S/C28H43N3O4/c1-3-4-18-34-26(33)31-16-10-27(2,11-17-31)22-30-14-12-28(13-15-30)19-24(20-28)29-25(32)35-21-23-8-6-5-7-9-23/h5-9,24H,3-4,10-22H2,1-2H3,(H,29,32). The number of likely N-dealkylation sites (tertiary alicyclic amines) is 2. The molecule has 1 N–H and O–H groups in total. The maximum atomic E-state index is 12.2. The minimum absolute atomic E-state index is 0.141. The first-order valence-corrected chi connectivity index (χ1v) is 13.5. The van der Waals surface area contributed by atoms with Crippen molar-refractivity contribution in [2.24, 2.45) is 10.8 Å². The van der Waals surface area contributed by atoms with Crippen molar-refractivity contribution in [3.05, 3.63) is 35.9 Å². The Morgan fingerprint density at radius 3 is 2.34 bits per heavy atom. The van der Waals surface area contributed by atoms with Gasteiger partial charge in [0.2, 0.25) is 0 Å². The van der Waals surface area contributed by atoms with Gasteiger partial charge in [-0.3, -0.25) is 0 Å². The summed E-state index contributed by atoms with van der Waals surface area (Å²) in [7, 11) is 0. The number of nitrogens with one attached hydrogen (secondary N) is 1. The molecule has 3 fully saturated rings. The zero-order chi connectivity index (χ0) is 24.7. The van der Waals surface area contributed by atoms with Crippen molar-refractivity contribution < 1.29 is 19.1 Å². The highest BCUT2D eigenvalue weighted by molar-refractivity contribution is 5.68. The van der Waals surface area contributed by atoms with E-state index in [1.807, 2.05) is 35.2 Å². The Balaban J connectivity index is 1.11. The lowest BCUT2D eigenvalue weighted by Crippen LogP contribution is -2.56. The molecule has 2 saturated heterocycles. The van der Waals surface area contributed by atoms with Gasteiger partial charge in [0.1, 0.15) is 6.61 Å². The summed E-state index contributed by atoms with van der Waals surface area (Å²) in [5.74, 6) is 0. The van der Waals surface area contributed by atoms with Crippen LogP contribution >= 0.6 is 0 Å². The molecule has 0 bridgehead atoms. The number of ether oxygens (including phenoxy) is 2. The summed E-state index contributed by atoms with van der Waals surface area (Å²) in [6.45, 7) is 10.3. The van der Waals surface area contributed by atoms with Crippen LogP contribution in [0.15, 0.2) is 30.3 Å². The largest absolute Gasteiger partial charge is 0.449 e. The van der Waals surface area contributed by atoms with E-state index in [1.165, 1.54) is 12.8 Å². The third-order valence-corrected chi connectivity index (χ3v) is 8.37. The van der Waals surface area contributed by atoms with Crippen LogP contribution in [-0.2, 0) is 16.1 Å². The van der Waals surface area contributed by atoms with Crippen LogP contribution in [-0.4, -0.2) is 67.4 Å². The van der Waals surface area contributed by atoms with Gasteiger partial charge < -0.3 is 24.6 Å². The fourth-order valence-electron chi connectivity index (χ4n) is 5.94. The summed E-state index contributed by atoms with van der Waals surface area (Å²) in [5, 5.41) is 3.05. The second-order valence-corrected chi connectivity index (χ2v) is 11.4. The third-order valence-electron chi connectivity index (χ3n) is 8.37. The van der Waals surface area contributed by atoms with E-state index in [-0.39, 0.29) is 23.6 Å². The highest BCUT2D eigenvalue weighted by atomic mass is 16.6. The van der Waals surface area contributed by atoms with Crippen LogP contribution in [0, 0.1) is 10.8 Å². The molecule has 4 rings (SSSR count). The van der Waals surface area contributed by atoms with E-state index in [0.717, 1.165) is 76.8 Å². The first kappa shape index (κ1) is 25.8. The van der Waals surface area contributed by atoms with Gasteiger partial charge in [-0.2, -0.15) is 0 Å². The molecule has 2 amide bonds. The Kier molecular flexibility index (Phi) is 8.58. The van der Waals surface area contributed by atoms with Crippen LogP contribution in [0.25, 0.3) is 0 Å². The van der Waals surface area contributed by atoms with Gasteiger partial charge in [0.05, 0.1) is 6.61 Å². The van der Waals surface area contributed by atoms with Crippen molar-refractivity contribution >= 4 is 12.2 Å². The molecule has 0 aromatic heterocycles. The highest BCUT2D eigenvalue weighted by Crippen LogP contribution is 2.49. The third kappa shape index (κ3) is 7.12. The topological polar surface area (TPSA) is 71.1 Å². The number of carbonyl (C=O) groups excluding carboxylic acids is 2. The zero-order valence-corrected chi connectivity index (χ0v) is 21.6. The Morgan fingerprint density at radius 1 is 1.00 bits per heavy atom. The molecule has 0 unspecified atom stereocenters. The molecule has 2 aliphatic heterocycles. The maximum absolute atomic E-state index is 12.2. The van der Waals surface area contributed by atoms with Crippen molar-refractivity contribution in [1.29, 1.82) is 0 Å². The van der Waals surface area contributed by atoms with E-state index in [0.29, 0.717) is 18.6 Å². The van der Waals surface area contributed by atoms with E-state index >= 15 is 0 Å². The van der Waals surface area contributed by atoms with Crippen LogP contribution in [0.3, 0.4) is 0 Å². The van der Waals surface area contributed by atoms with Crippen molar-refractivity contribution in [3.63, 3.8) is 0 Å². The molecule has 194 valence electrons. The number of unbranched alkanes of at least 4 members (excludes halogenated alkanes) is 1. The Bertz CT molecular complexity index is 822. The van der Waals surface area contributed by atoms with Crippen molar-refractivity contribution in [1.82, 2.24) is 15.1 Å². The maximum Gasteiger partial charge on any atom is 0.409 e. The Labute approximate surface area is 210 Å². The minimum Gasteiger partial charge on any atom is -0.449 e. The number of carbonyl (C=O) groups is 2. The summed E-state index contributed by atoms with van der Waals surface area (Å²) < 4.78 is 10.8. The molecule has 0 atom stereocenters. The molecular formula is C28H43N3O4. The Morgan fingerprint density at radius 2 is 1.69 bits per heavy atom. The molecule has 1 aromatic carbocycles. The number of hydrogen-bond donors (Lipinski definition) is 1. The number of benzene rings is 1. The predicted octanol–water partition coefficient (Wildman–Crippen LogP) is 5.20. The van der Waals surface area contributed by atoms with Crippen LogP contribution in [0.1, 0.15) is 70.8 Å². The van der Waals surface area contributed by atoms with E-state index in [9.17, 15) is 9.59 Å². The van der Waals surface area contributed by atoms with Gasteiger partial charge in [-0.1, -0.05) is 50.6 Å². The molecule has 1 saturated carbocycles. The molecule has 1 aromatic rings. The first-order chi connectivity index (χ1) is 16.9. The van der Waals surface area contributed by atoms with Crippen LogP contribution < -0.4 is 5.32 Å². The number of hydrogen-bond acceptors (Lipinski definition) is 5. The minimum atomic E-state index is -0.306. The number of alkyl carbamates (subject to hydrolysis) is 1. The number of amides is 2. The number of piperidine rings is 2. The average Bonchev–Trinajstić information content (AvgIpc) is 2.84. The summed E-state index contributed by atoms with van der Waals surface area (Å²) in [6, 6.07) is 10.0. The molecule has 35 heavy (non-hydrogen) atoms. The second kappa shape index (κ2) is 11.6. The molecule has 7 nitrogen and oxygen atoms in total. The second-order valence-electron chi connectivity index (χ2n) is 11.4. The monoisotopic (exact) mass is 485 g/mol. The van der Waals surface area contributed by atoms with Gasteiger partial charge in [-0.15, -0.1) is 0 Å². The lowest BCUT2D eigenvalue weighted by atomic mass is 9.60. The van der Waals surface area contributed by atoms with E-state index < -0.39 is 0 Å². The molecule has 2 heterocycles. The fourth-order valence-corrected chi connectivity index (χ4v) is 5.94. The smallest absolute Gasteiger partial charge is 0.409 e. The summed E-state index contributed by atoms with van der Waals surface area (Å²) >= 11 is 0. The van der Waals surface area contributed by atoms with Gasteiger partial charge >= 0.3 is 12.2 Å². The summed E-state index contributed by atoms with van der Waals surface area (Å²) in [5.41, 5.74) is 1.66. The number of rotatable bonds is 8. The lowest BCUT2D eigenvalue weighted by Gasteiger charge is -2.53. The Hall–Kier alpha value is -2.28. The molecule has 3 aliphatic rings. The zero-order valence-electron chi connectivity index (χ0n) is 21.6. The van der Waals surface area contributed by atoms with Crippen LogP contribution in [0.2, 0.25) is 0 Å². The van der Waals surface area contributed by atoms with Gasteiger partial charge in [0.25, 0.3) is 0 Å². The van der Waals surface area contributed by atoms with Gasteiger partial charge in [0.15, 0.2) is 0 Å². The highest BCUT2D eigenvalue weighted by Gasteiger charge is 2.47. The van der Waals surface area contributed by atoms with Crippen LogP contribution in [0.4, 0.5) is 9.59 Å².